The zero-order chi connectivity index (χ0) is 13.0. The van der Waals surface area contributed by atoms with Crippen LogP contribution in [-0.2, 0) is 0 Å². The second-order valence-corrected chi connectivity index (χ2v) is 5.20. The average Bonchev–Trinajstić information content (AvgIpc) is 2.89. The number of amides is 1. The monoisotopic (exact) mass is 247 g/mol. The van der Waals surface area contributed by atoms with E-state index in [2.05, 4.69) is 13.8 Å². The van der Waals surface area contributed by atoms with Gasteiger partial charge in [0.05, 0.1) is 12.2 Å². The SMILES string of the molecule is CC(C)COc1ccccc1C(=O)N1CCCC1. The molecule has 1 fully saturated rings. The van der Waals surface area contributed by atoms with Gasteiger partial charge in [-0.2, -0.15) is 0 Å². The molecule has 0 radical (unpaired) electrons. The topological polar surface area (TPSA) is 29.5 Å². The third kappa shape index (κ3) is 3.03. The van der Waals surface area contributed by atoms with Crippen LogP contribution in [0.15, 0.2) is 24.3 Å². The van der Waals surface area contributed by atoms with Crippen molar-refractivity contribution in [2.24, 2.45) is 5.92 Å². The fourth-order valence-electron chi connectivity index (χ4n) is 2.12. The number of likely N-dealkylation sites (tertiary alicyclic amines) is 1. The standard InChI is InChI=1S/C15H21NO2/c1-12(2)11-18-14-8-4-3-7-13(14)15(17)16-9-5-6-10-16/h3-4,7-8,12H,5-6,9-11H2,1-2H3. The van der Waals surface area contributed by atoms with E-state index >= 15 is 0 Å². The van der Waals surface area contributed by atoms with Crippen LogP contribution < -0.4 is 4.74 Å². The number of carbonyl (C=O) groups is 1. The number of nitrogens with zero attached hydrogens (tertiary/aromatic N) is 1. The zero-order valence-electron chi connectivity index (χ0n) is 11.2. The second kappa shape index (κ2) is 5.89. The molecule has 1 saturated heterocycles. The maximum Gasteiger partial charge on any atom is 0.257 e. The van der Waals surface area contributed by atoms with Crippen molar-refractivity contribution in [1.82, 2.24) is 4.90 Å². The molecule has 3 heteroatoms. The van der Waals surface area contributed by atoms with E-state index in [9.17, 15) is 4.79 Å². The van der Waals surface area contributed by atoms with Crippen LogP contribution >= 0.6 is 0 Å². The van der Waals surface area contributed by atoms with Gasteiger partial charge in [-0.05, 0) is 30.9 Å². The lowest BCUT2D eigenvalue weighted by atomic mass is 10.1. The van der Waals surface area contributed by atoms with Gasteiger partial charge < -0.3 is 9.64 Å². The van der Waals surface area contributed by atoms with E-state index in [1.54, 1.807) is 0 Å². The largest absolute Gasteiger partial charge is 0.492 e. The van der Waals surface area contributed by atoms with Crippen LogP contribution in [0.5, 0.6) is 5.75 Å². The molecule has 1 heterocycles. The highest BCUT2D eigenvalue weighted by Gasteiger charge is 2.22. The van der Waals surface area contributed by atoms with Gasteiger partial charge in [0.2, 0.25) is 0 Å². The molecule has 0 bridgehead atoms. The Bertz CT molecular complexity index is 409. The molecular formula is C15H21NO2. The number of rotatable bonds is 4. The lowest BCUT2D eigenvalue weighted by molar-refractivity contribution is 0.0787. The zero-order valence-corrected chi connectivity index (χ0v) is 11.2. The van der Waals surface area contributed by atoms with Gasteiger partial charge in [-0.25, -0.2) is 0 Å². The highest BCUT2D eigenvalue weighted by Crippen LogP contribution is 2.22. The molecule has 1 aromatic carbocycles. The van der Waals surface area contributed by atoms with Gasteiger partial charge in [0.1, 0.15) is 5.75 Å². The highest BCUT2D eigenvalue weighted by molar-refractivity contribution is 5.97. The van der Waals surface area contributed by atoms with Gasteiger partial charge in [0.25, 0.3) is 5.91 Å². The summed E-state index contributed by atoms with van der Waals surface area (Å²) in [6.07, 6.45) is 2.22. The fraction of sp³-hybridized carbons (Fsp3) is 0.533. The summed E-state index contributed by atoms with van der Waals surface area (Å²) in [4.78, 5) is 14.3. The Morgan fingerprint density at radius 2 is 1.94 bits per heavy atom. The number of carbonyl (C=O) groups excluding carboxylic acids is 1. The van der Waals surface area contributed by atoms with Crippen molar-refractivity contribution in [2.75, 3.05) is 19.7 Å². The molecule has 1 amide bonds. The molecule has 0 N–H and O–H groups in total. The van der Waals surface area contributed by atoms with E-state index < -0.39 is 0 Å². The van der Waals surface area contributed by atoms with Crippen LogP contribution in [0.25, 0.3) is 0 Å². The minimum atomic E-state index is 0.104. The van der Waals surface area contributed by atoms with Crippen LogP contribution in [0.3, 0.4) is 0 Å². The predicted molar refractivity (Wildman–Crippen MR) is 71.9 cm³/mol. The van der Waals surface area contributed by atoms with Crippen molar-refractivity contribution in [2.45, 2.75) is 26.7 Å². The Morgan fingerprint density at radius 1 is 1.28 bits per heavy atom. The van der Waals surface area contributed by atoms with E-state index in [4.69, 9.17) is 4.74 Å². The molecule has 0 aliphatic carbocycles. The first kappa shape index (κ1) is 12.9. The first-order valence-electron chi connectivity index (χ1n) is 6.69. The number of hydrogen-bond acceptors (Lipinski definition) is 2. The quantitative estimate of drug-likeness (QED) is 0.818. The molecule has 1 aromatic rings. The van der Waals surface area contributed by atoms with Gasteiger partial charge in [-0.15, -0.1) is 0 Å². The van der Waals surface area contributed by atoms with Gasteiger partial charge in [-0.1, -0.05) is 26.0 Å². The first-order valence-corrected chi connectivity index (χ1v) is 6.69. The van der Waals surface area contributed by atoms with Crippen molar-refractivity contribution in [3.8, 4) is 5.75 Å². The average molecular weight is 247 g/mol. The summed E-state index contributed by atoms with van der Waals surface area (Å²) in [7, 11) is 0. The maximum atomic E-state index is 12.4. The van der Waals surface area contributed by atoms with Crippen molar-refractivity contribution in [3.63, 3.8) is 0 Å². The molecule has 98 valence electrons. The van der Waals surface area contributed by atoms with Crippen LogP contribution in [-0.4, -0.2) is 30.5 Å². The summed E-state index contributed by atoms with van der Waals surface area (Å²) in [6.45, 7) is 6.59. The summed E-state index contributed by atoms with van der Waals surface area (Å²) >= 11 is 0. The molecule has 0 spiro atoms. The minimum absolute atomic E-state index is 0.104. The summed E-state index contributed by atoms with van der Waals surface area (Å²) < 4.78 is 5.73. The molecule has 0 unspecified atom stereocenters. The van der Waals surface area contributed by atoms with Gasteiger partial charge in [0, 0.05) is 13.1 Å². The number of benzene rings is 1. The van der Waals surface area contributed by atoms with E-state index in [1.165, 1.54) is 0 Å². The van der Waals surface area contributed by atoms with Crippen molar-refractivity contribution in [1.29, 1.82) is 0 Å². The Balaban J connectivity index is 2.13. The second-order valence-electron chi connectivity index (χ2n) is 5.20. The first-order chi connectivity index (χ1) is 8.68. The highest BCUT2D eigenvalue weighted by atomic mass is 16.5. The van der Waals surface area contributed by atoms with Crippen LogP contribution in [0, 0.1) is 5.92 Å². The molecule has 18 heavy (non-hydrogen) atoms. The summed E-state index contributed by atoms with van der Waals surface area (Å²) in [5, 5.41) is 0. The van der Waals surface area contributed by atoms with Crippen LogP contribution in [0.2, 0.25) is 0 Å². The number of ether oxygens (including phenoxy) is 1. The Morgan fingerprint density at radius 3 is 2.61 bits per heavy atom. The van der Waals surface area contributed by atoms with Crippen LogP contribution in [0.1, 0.15) is 37.0 Å². The van der Waals surface area contributed by atoms with E-state index in [1.807, 2.05) is 29.2 Å². The molecule has 2 rings (SSSR count). The Labute approximate surface area is 109 Å². The fourth-order valence-corrected chi connectivity index (χ4v) is 2.12. The molecule has 3 nitrogen and oxygen atoms in total. The summed E-state index contributed by atoms with van der Waals surface area (Å²) in [5.74, 6) is 1.27. The van der Waals surface area contributed by atoms with E-state index in [-0.39, 0.29) is 5.91 Å². The molecule has 0 saturated carbocycles. The van der Waals surface area contributed by atoms with Crippen molar-refractivity contribution in [3.05, 3.63) is 29.8 Å². The Hall–Kier alpha value is -1.51. The Kier molecular flexibility index (Phi) is 4.24. The summed E-state index contributed by atoms with van der Waals surface area (Å²) in [6, 6.07) is 7.55. The van der Waals surface area contributed by atoms with E-state index in [0.29, 0.717) is 23.8 Å². The number of hydrogen-bond donors (Lipinski definition) is 0. The molecule has 1 aliphatic heterocycles. The van der Waals surface area contributed by atoms with Gasteiger partial charge in [-0.3, -0.25) is 4.79 Å². The lowest BCUT2D eigenvalue weighted by Gasteiger charge is -2.18. The molecule has 0 aromatic heterocycles. The van der Waals surface area contributed by atoms with Gasteiger partial charge in [0.15, 0.2) is 0 Å². The molecule has 1 aliphatic rings. The predicted octanol–water partition coefficient (Wildman–Crippen LogP) is 2.96. The number of para-hydroxylation sites is 1. The lowest BCUT2D eigenvalue weighted by Crippen LogP contribution is -2.28. The van der Waals surface area contributed by atoms with Crippen LogP contribution in [0.4, 0.5) is 0 Å². The minimum Gasteiger partial charge on any atom is -0.492 e. The normalized spacial score (nSPS) is 15.2. The third-order valence-corrected chi connectivity index (χ3v) is 3.08. The molecule has 0 atom stereocenters. The van der Waals surface area contributed by atoms with Crippen molar-refractivity contribution < 1.29 is 9.53 Å². The smallest absolute Gasteiger partial charge is 0.257 e. The van der Waals surface area contributed by atoms with Crippen molar-refractivity contribution >= 4 is 5.91 Å². The summed E-state index contributed by atoms with van der Waals surface area (Å²) in [5.41, 5.74) is 0.694. The molecular weight excluding hydrogens is 226 g/mol. The third-order valence-electron chi connectivity index (χ3n) is 3.08. The maximum absolute atomic E-state index is 12.4. The van der Waals surface area contributed by atoms with Gasteiger partial charge >= 0.3 is 0 Å². The van der Waals surface area contributed by atoms with E-state index in [0.717, 1.165) is 25.9 Å².